The summed E-state index contributed by atoms with van der Waals surface area (Å²) in [4.78, 5) is 16.2. The molecular weight excluding hydrogens is 246 g/mol. The fourth-order valence-corrected chi connectivity index (χ4v) is 2.73. The third-order valence-electron chi connectivity index (χ3n) is 3.65. The maximum Gasteiger partial charge on any atom is 0.159 e. The van der Waals surface area contributed by atoms with Crippen LogP contribution in [0.15, 0.2) is 41.4 Å². The number of nitrogens with zero attached hydrogens (tertiary/aromatic N) is 1. The van der Waals surface area contributed by atoms with Crippen LogP contribution in [0, 0.1) is 13.8 Å². The highest BCUT2D eigenvalue weighted by Gasteiger charge is 2.17. The predicted molar refractivity (Wildman–Crippen MR) is 82.3 cm³/mol. The first kappa shape index (κ1) is 12.8. The molecule has 0 saturated heterocycles. The monoisotopic (exact) mass is 263 g/mol. The van der Waals surface area contributed by atoms with Crippen molar-refractivity contribution >= 4 is 17.2 Å². The number of aryl methyl sites for hydroxylation is 2. The maximum absolute atomic E-state index is 11.4. The van der Waals surface area contributed by atoms with E-state index in [2.05, 4.69) is 32.0 Å². The molecule has 1 heterocycles. The standard InChI is InChI=1S/C18H17NO/c1-11-6-12(2)8-15(7-11)18-10-16-9-14(13(3)20)4-5-17(16)19-18/h4-9H,10H2,1-3H3. The second-order valence-corrected chi connectivity index (χ2v) is 5.51. The molecule has 0 amide bonds. The largest absolute Gasteiger partial charge is 0.295 e. The van der Waals surface area contributed by atoms with Crippen LogP contribution in [-0.2, 0) is 6.42 Å². The molecule has 0 spiro atoms. The lowest BCUT2D eigenvalue weighted by molar-refractivity contribution is 0.101. The van der Waals surface area contributed by atoms with Crippen molar-refractivity contribution < 1.29 is 4.79 Å². The van der Waals surface area contributed by atoms with E-state index in [0.717, 1.165) is 28.9 Å². The molecule has 0 N–H and O–H groups in total. The number of carbonyl (C=O) groups excluding carboxylic acids is 1. The Balaban J connectivity index is 1.98. The van der Waals surface area contributed by atoms with Crippen LogP contribution < -0.4 is 0 Å². The van der Waals surface area contributed by atoms with Crippen LogP contribution in [0.3, 0.4) is 0 Å². The minimum absolute atomic E-state index is 0.104. The van der Waals surface area contributed by atoms with Gasteiger partial charge in [-0.25, -0.2) is 0 Å². The van der Waals surface area contributed by atoms with E-state index in [1.165, 1.54) is 16.7 Å². The van der Waals surface area contributed by atoms with Gasteiger partial charge in [0, 0.05) is 12.0 Å². The van der Waals surface area contributed by atoms with Gasteiger partial charge in [0.25, 0.3) is 0 Å². The van der Waals surface area contributed by atoms with Crippen LogP contribution in [0.5, 0.6) is 0 Å². The van der Waals surface area contributed by atoms with Crippen molar-refractivity contribution in [3.63, 3.8) is 0 Å². The van der Waals surface area contributed by atoms with Crippen molar-refractivity contribution in [1.29, 1.82) is 0 Å². The minimum Gasteiger partial charge on any atom is -0.295 e. The van der Waals surface area contributed by atoms with E-state index in [1.54, 1.807) is 6.92 Å². The smallest absolute Gasteiger partial charge is 0.159 e. The topological polar surface area (TPSA) is 29.4 Å². The highest BCUT2D eigenvalue weighted by Crippen LogP contribution is 2.30. The lowest BCUT2D eigenvalue weighted by Gasteiger charge is -2.04. The molecule has 0 aliphatic carbocycles. The highest BCUT2D eigenvalue weighted by molar-refractivity contribution is 6.07. The molecule has 1 aliphatic rings. The quantitative estimate of drug-likeness (QED) is 0.747. The lowest BCUT2D eigenvalue weighted by atomic mass is 9.99. The molecule has 3 rings (SSSR count). The molecule has 0 saturated carbocycles. The Morgan fingerprint density at radius 2 is 1.75 bits per heavy atom. The first-order valence-electron chi connectivity index (χ1n) is 6.83. The van der Waals surface area contributed by atoms with E-state index in [4.69, 9.17) is 4.99 Å². The summed E-state index contributed by atoms with van der Waals surface area (Å²) in [7, 11) is 0. The van der Waals surface area contributed by atoms with Gasteiger partial charge in [-0.05, 0) is 50.1 Å². The summed E-state index contributed by atoms with van der Waals surface area (Å²) in [6, 6.07) is 12.3. The summed E-state index contributed by atoms with van der Waals surface area (Å²) in [6.07, 6.45) is 0.805. The number of Topliss-reactive ketones (excluding diaryl/α,β-unsaturated/α-hetero) is 1. The van der Waals surface area contributed by atoms with Gasteiger partial charge >= 0.3 is 0 Å². The van der Waals surface area contributed by atoms with Gasteiger partial charge in [-0.15, -0.1) is 0 Å². The summed E-state index contributed by atoms with van der Waals surface area (Å²) in [5.41, 5.74) is 7.68. The van der Waals surface area contributed by atoms with Crippen LogP contribution in [0.2, 0.25) is 0 Å². The fourth-order valence-electron chi connectivity index (χ4n) is 2.73. The van der Waals surface area contributed by atoms with Crippen molar-refractivity contribution in [2.75, 3.05) is 0 Å². The second-order valence-electron chi connectivity index (χ2n) is 5.51. The summed E-state index contributed by atoms with van der Waals surface area (Å²) in [5, 5.41) is 0. The number of rotatable bonds is 2. The zero-order valence-corrected chi connectivity index (χ0v) is 12.0. The molecule has 0 aromatic heterocycles. The first-order valence-corrected chi connectivity index (χ1v) is 6.83. The van der Waals surface area contributed by atoms with E-state index in [9.17, 15) is 4.79 Å². The average molecular weight is 263 g/mol. The number of hydrogen-bond acceptors (Lipinski definition) is 2. The normalized spacial score (nSPS) is 13.1. The maximum atomic E-state index is 11.4. The summed E-state index contributed by atoms with van der Waals surface area (Å²) in [6.45, 7) is 5.81. The molecule has 1 aliphatic heterocycles. The van der Waals surface area contributed by atoms with Crippen molar-refractivity contribution in [1.82, 2.24) is 0 Å². The molecule has 0 radical (unpaired) electrons. The Labute approximate surface area is 119 Å². The van der Waals surface area contributed by atoms with Gasteiger partial charge in [0.2, 0.25) is 0 Å². The van der Waals surface area contributed by atoms with Crippen molar-refractivity contribution in [3.8, 4) is 0 Å². The van der Waals surface area contributed by atoms with Crippen LogP contribution in [-0.4, -0.2) is 11.5 Å². The van der Waals surface area contributed by atoms with Crippen LogP contribution in [0.1, 0.15) is 39.5 Å². The van der Waals surface area contributed by atoms with Crippen LogP contribution in [0.4, 0.5) is 5.69 Å². The number of carbonyl (C=O) groups is 1. The Kier molecular flexibility index (Phi) is 3.01. The molecule has 0 unspecified atom stereocenters. The van der Waals surface area contributed by atoms with Gasteiger partial charge in [-0.3, -0.25) is 9.79 Å². The number of aliphatic imine (C=N–C) groups is 1. The molecule has 0 fully saturated rings. The van der Waals surface area contributed by atoms with Gasteiger partial charge < -0.3 is 0 Å². The Bertz CT molecular complexity index is 721. The van der Waals surface area contributed by atoms with Gasteiger partial charge in [0.15, 0.2) is 5.78 Å². The molecule has 20 heavy (non-hydrogen) atoms. The van der Waals surface area contributed by atoms with E-state index in [0.29, 0.717) is 0 Å². The molecule has 2 aromatic rings. The van der Waals surface area contributed by atoms with Gasteiger partial charge in [0.05, 0.1) is 11.4 Å². The molecule has 0 bridgehead atoms. The van der Waals surface area contributed by atoms with Gasteiger partial charge in [0.1, 0.15) is 0 Å². The third-order valence-corrected chi connectivity index (χ3v) is 3.65. The van der Waals surface area contributed by atoms with Crippen molar-refractivity contribution in [3.05, 3.63) is 64.2 Å². The van der Waals surface area contributed by atoms with E-state index < -0.39 is 0 Å². The Morgan fingerprint density at radius 3 is 2.40 bits per heavy atom. The molecule has 2 heteroatoms. The lowest BCUT2D eigenvalue weighted by Crippen LogP contribution is -2.02. The zero-order valence-electron chi connectivity index (χ0n) is 12.0. The van der Waals surface area contributed by atoms with E-state index in [-0.39, 0.29) is 5.78 Å². The van der Waals surface area contributed by atoms with Crippen molar-refractivity contribution in [2.45, 2.75) is 27.2 Å². The predicted octanol–water partition coefficient (Wildman–Crippen LogP) is 4.18. The summed E-state index contributed by atoms with van der Waals surface area (Å²) in [5.74, 6) is 0.104. The van der Waals surface area contributed by atoms with Gasteiger partial charge in [-0.2, -0.15) is 0 Å². The fraction of sp³-hybridized carbons (Fsp3) is 0.222. The minimum atomic E-state index is 0.104. The second kappa shape index (κ2) is 4.71. The van der Waals surface area contributed by atoms with Crippen LogP contribution >= 0.6 is 0 Å². The SMILES string of the molecule is CC(=O)c1ccc2c(c1)CC(c1cc(C)cc(C)c1)=N2. The molecule has 2 aromatic carbocycles. The molecule has 100 valence electrons. The average Bonchev–Trinajstić information content (AvgIpc) is 2.80. The summed E-state index contributed by atoms with van der Waals surface area (Å²) >= 11 is 0. The number of ketones is 1. The first-order chi connectivity index (χ1) is 9.52. The molecular formula is C18H17NO. The Hall–Kier alpha value is -2.22. The van der Waals surface area contributed by atoms with Crippen molar-refractivity contribution in [2.24, 2.45) is 4.99 Å². The molecule has 0 atom stereocenters. The van der Waals surface area contributed by atoms with E-state index in [1.807, 2.05) is 18.2 Å². The zero-order chi connectivity index (χ0) is 14.3. The van der Waals surface area contributed by atoms with Gasteiger partial charge in [-0.1, -0.05) is 29.3 Å². The third kappa shape index (κ3) is 2.29. The number of hydrogen-bond donors (Lipinski definition) is 0. The Morgan fingerprint density at radius 1 is 1.05 bits per heavy atom. The summed E-state index contributed by atoms with van der Waals surface area (Å²) < 4.78 is 0. The number of fused-ring (bicyclic) bond motifs is 1. The van der Waals surface area contributed by atoms with E-state index >= 15 is 0 Å². The number of benzene rings is 2. The highest BCUT2D eigenvalue weighted by atomic mass is 16.1. The molecule has 2 nitrogen and oxygen atoms in total. The van der Waals surface area contributed by atoms with Crippen LogP contribution in [0.25, 0.3) is 0 Å².